The van der Waals surface area contributed by atoms with E-state index in [4.69, 9.17) is 10.7 Å². The molecule has 2 rings (SSSR count). The molecule has 0 aromatic rings. The van der Waals surface area contributed by atoms with E-state index in [1.807, 2.05) is 0 Å². The van der Waals surface area contributed by atoms with E-state index in [0.717, 1.165) is 12.5 Å². The van der Waals surface area contributed by atoms with Gasteiger partial charge in [0.2, 0.25) is 0 Å². The normalized spacial score (nSPS) is 48.3. The number of piperidine rings is 1. The van der Waals surface area contributed by atoms with Crippen molar-refractivity contribution in [3.05, 3.63) is 0 Å². The SMILES string of the molecule is NO[C@H]1CN2CC[C@@H]1C2. The van der Waals surface area contributed by atoms with E-state index in [9.17, 15) is 0 Å². The maximum Gasteiger partial charge on any atom is 0.0954 e. The Morgan fingerprint density at radius 1 is 1.44 bits per heavy atom. The average Bonchev–Trinajstić information content (AvgIpc) is 2.45. The highest BCUT2D eigenvalue weighted by Crippen LogP contribution is 2.28. The molecule has 0 spiro atoms. The molecule has 2 N–H and O–H groups in total. The van der Waals surface area contributed by atoms with Crippen LogP contribution in [0.15, 0.2) is 0 Å². The van der Waals surface area contributed by atoms with Gasteiger partial charge in [0, 0.05) is 19.0 Å². The molecular weight excluding hydrogens is 116 g/mol. The first-order valence-electron chi connectivity index (χ1n) is 3.48. The van der Waals surface area contributed by atoms with Crippen LogP contribution in [0.5, 0.6) is 0 Å². The Kier molecular flexibility index (Phi) is 1.22. The van der Waals surface area contributed by atoms with Gasteiger partial charge in [-0.15, -0.1) is 0 Å². The van der Waals surface area contributed by atoms with Gasteiger partial charge in [0.25, 0.3) is 0 Å². The molecular formula is C6H12N2O. The number of hydrogen-bond donors (Lipinski definition) is 1. The first-order valence-corrected chi connectivity index (χ1v) is 3.48. The third-order valence-electron chi connectivity index (χ3n) is 2.45. The van der Waals surface area contributed by atoms with Gasteiger partial charge in [-0.2, -0.15) is 0 Å². The number of nitrogens with two attached hydrogens (primary N) is 1. The largest absolute Gasteiger partial charge is 0.300 e. The lowest BCUT2D eigenvalue weighted by atomic mass is 10.0. The molecule has 2 heterocycles. The zero-order chi connectivity index (χ0) is 6.27. The molecule has 1 unspecified atom stereocenters. The monoisotopic (exact) mass is 128 g/mol. The van der Waals surface area contributed by atoms with Crippen molar-refractivity contribution in [1.29, 1.82) is 0 Å². The van der Waals surface area contributed by atoms with Crippen molar-refractivity contribution in [2.45, 2.75) is 12.5 Å². The van der Waals surface area contributed by atoms with Gasteiger partial charge in [-0.25, -0.2) is 5.90 Å². The Hall–Kier alpha value is -0.120. The average molecular weight is 128 g/mol. The predicted octanol–water partition coefficient (Wildman–Crippen LogP) is -0.419. The summed E-state index contributed by atoms with van der Waals surface area (Å²) in [5.74, 6) is 5.83. The second kappa shape index (κ2) is 1.94. The Morgan fingerprint density at radius 3 is 2.67 bits per heavy atom. The number of fused-ring (bicyclic) bond motifs is 2. The Labute approximate surface area is 54.7 Å². The van der Waals surface area contributed by atoms with E-state index in [1.165, 1.54) is 19.5 Å². The predicted molar refractivity (Wildman–Crippen MR) is 33.6 cm³/mol. The fourth-order valence-electron chi connectivity index (χ4n) is 1.89. The van der Waals surface area contributed by atoms with Crippen molar-refractivity contribution < 1.29 is 4.84 Å². The maximum atomic E-state index is 5.09. The number of hydrogen-bond acceptors (Lipinski definition) is 3. The molecule has 3 atom stereocenters. The van der Waals surface area contributed by atoms with Gasteiger partial charge in [-0.3, -0.25) is 4.84 Å². The topological polar surface area (TPSA) is 38.5 Å². The Morgan fingerprint density at radius 2 is 2.33 bits per heavy atom. The smallest absolute Gasteiger partial charge is 0.0954 e. The minimum Gasteiger partial charge on any atom is -0.300 e. The summed E-state index contributed by atoms with van der Waals surface area (Å²) in [5.41, 5.74) is 0. The molecule has 0 saturated carbocycles. The van der Waals surface area contributed by atoms with Crippen LogP contribution in [0.4, 0.5) is 0 Å². The van der Waals surface area contributed by atoms with E-state index in [-0.39, 0.29) is 0 Å². The summed E-state index contributed by atoms with van der Waals surface area (Å²) in [6.45, 7) is 3.52. The van der Waals surface area contributed by atoms with Crippen LogP contribution >= 0.6 is 0 Å². The molecule has 3 heteroatoms. The Bertz CT molecular complexity index is 118. The maximum absolute atomic E-state index is 5.09. The summed E-state index contributed by atoms with van der Waals surface area (Å²) in [4.78, 5) is 7.21. The van der Waals surface area contributed by atoms with Crippen LogP contribution in [0.1, 0.15) is 6.42 Å². The van der Waals surface area contributed by atoms with Gasteiger partial charge >= 0.3 is 0 Å². The van der Waals surface area contributed by atoms with Gasteiger partial charge < -0.3 is 4.90 Å². The molecule has 2 aliphatic rings. The molecule has 3 nitrogen and oxygen atoms in total. The van der Waals surface area contributed by atoms with Gasteiger partial charge in [0.05, 0.1) is 6.10 Å². The third-order valence-corrected chi connectivity index (χ3v) is 2.45. The standard InChI is InChI=1S/C6H12N2O/c7-9-6-4-8-2-1-5(6)3-8/h5-6H,1-4,7H2/t5-,6+/m1/s1. The minimum absolute atomic E-state index is 0.332. The van der Waals surface area contributed by atoms with Gasteiger partial charge in [-0.1, -0.05) is 0 Å². The summed E-state index contributed by atoms with van der Waals surface area (Å²) in [5, 5.41) is 0. The van der Waals surface area contributed by atoms with E-state index >= 15 is 0 Å². The summed E-state index contributed by atoms with van der Waals surface area (Å²) in [7, 11) is 0. The highest BCUT2D eigenvalue weighted by atomic mass is 16.6. The molecule has 0 aromatic carbocycles. The van der Waals surface area contributed by atoms with E-state index in [2.05, 4.69) is 4.90 Å². The molecule has 2 fully saturated rings. The van der Waals surface area contributed by atoms with Crippen LogP contribution in [0.2, 0.25) is 0 Å². The van der Waals surface area contributed by atoms with E-state index < -0.39 is 0 Å². The molecule has 0 amide bonds. The van der Waals surface area contributed by atoms with Crippen molar-refractivity contribution >= 4 is 0 Å². The molecule has 0 radical (unpaired) electrons. The lowest BCUT2D eigenvalue weighted by Crippen LogP contribution is -2.31. The van der Waals surface area contributed by atoms with Crippen LogP contribution in [0.3, 0.4) is 0 Å². The quantitative estimate of drug-likeness (QED) is 0.487. The van der Waals surface area contributed by atoms with Crippen LogP contribution < -0.4 is 5.90 Å². The molecule has 9 heavy (non-hydrogen) atoms. The van der Waals surface area contributed by atoms with E-state index in [1.54, 1.807) is 0 Å². The minimum atomic E-state index is 0.332. The van der Waals surface area contributed by atoms with Crippen LogP contribution in [-0.4, -0.2) is 30.6 Å². The fraction of sp³-hybridized carbons (Fsp3) is 1.00. The first kappa shape index (κ1) is 5.65. The molecule has 2 saturated heterocycles. The zero-order valence-electron chi connectivity index (χ0n) is 5.42. The summed E-state index contributed by atoms with van der Waals surface area (Å²) in [6.07, 6.45) is 1.61. The second-order valence-electron chi connectivity index (χ2n) is 2.98. The fourth-order valence-corrected chi connectivity index (χ4v) is 1.89. The van der Waals surface area contributed by atoms with Gasteiger partial charge in [0.15, 0.2) is 0 Å². The van der Waals surface area contributed by atoms with Crippen LogP contribution in [0.25, 0.3) is 0 Å². The molecule has 2 bridgehead atoms. The van der Waals surface area contributed by atoms with Crippen LogP contribution in [-0.2, 0) is 4.84 Å². The molecule has 0 aliphatic carbocycles. The van der Waals surface area contributed by atoms with Crippen molar-refractivity contribution in [2.24, 2.45) is 11.8 Å². The highest BCUT2D eigenvalue weighted by molar-refractivity contribution is 4.90. The molecule has 2 aliphatic heterocycles. The molecule has 52 valence electrons. The lowest BCUT2D eigenvalue weighted by Gasteiger charge is -2.18. The third kappa shape index (κ3) is 0.764. The number of nitrogens with zero attached hydrogens (tertiary/aromatic N) is 1. The summed E-state index contributed by atoms with van der Waals surface area (Å²) >= 11 is 0. The van der Waals surface area contributed by atoms with Crippen LogP contribution in [0, 0.1) is 5.92 Å². The van der Waals surface area contributed by atoms with Gasteiger partial charge in [-0.05, 0) is 13.0 Å². The zero-order valence-corrected chi connectivity index (χ0v) is 5.42. The summed E-state index contributed by atoms with van der Waals surface area (Å²) < 4.78 is 0. The number of rotatable bonds is 1. The van der Waals surface area contributed by atoms with E-state index in [0.29, 0.717) is 6.10 Å². The van der Waals surface area contributed by atoms with Crippen molar-refractivity contribution in [3.8, 4) is 0 Å². The second-order valence-corrected chi connectivity index (χ2v) is 2.98. The first-order chi connectivity index (χ1) is 4.40. The Balaban J connectivity index is 2.01. The molecule has 0 aromatic heterocycles. The lowest BCUT2D eigenvalue weighted by molar-refractivity contribution is 0.0210. The van der Waals surface area contributed by atoms with Gasteiger partial charge in [0.1, 0.15) is 0 Å². The van der Waals surface area contributed by atoms with Crippen molar-refractivity contribution in [3.63, 3.8) is 0 Å². The highest BCUT2D eigenvalue weighted by Gasteiger charge is 2.38. The summed E-state index contributed by atoms with van der Waals surface area (Å²) in [6, 6.07) is 0. The van der Waals surface area contributed by atoms with Crippen molar-refractivity contribution in [2.75, 3.05) is 19.6 Å². The van der Waals surface area contributed by atoms with Crippen molar-refractivity contribution in [1.82, 2.24) is 4.90 Å².